The molecule has 0 aliphatic carbocycles. The van der Waals surface area contributed by atoms with Crippen molar-refractivity contribution in [3.8, 4) is 0 Å². The Morgan fingerprint density at radius 1 is 1.60 bits per heavy atom. The maximum atomic E-state index is 4.29. The lowest BCUT2D eigenvalue weighted by Crippen LogP contribution is -2.00. The zero-order valence-electron chi connectivity index (χ0n) is 3.49. The maximum absolute atomic E-state index is 4.29. The average molecular weight is 71.9 g/mol. The van der Waals surface area contributed by atoms with Gasteiger partial charge in [-0.05, 0) is 0 Å². The molecule has 0 saturated carbocycles. The van der Waals surface area contributed by atoms with Crippen molar-refractivity contribution in [1.82, 2.24) is 5.48 Å². The third kappa shape index (κ3) is 16.2. The molecule has 0 bridgehead atoms. The Hall–Kier alpha value is -0.0151. The van der Waals surface area contributed by atoms with Crippen LogP contribution in [0, 0.1) is 0 Å². The van der Waals surface area contributed by atoms with Crippen molar-refractivity contribution in [2.45, 2.75) is 0 Å². The summed E-state index contributed by atoms with van der Waals surface area (Å²) in [5, 5.41) is 0. The second kappa shape index (κ2) is 9.01. The molecule has 2 nitrogen and oxygen atoms in total. The Bertz CT molecular complexity index is 11.6. The van der Waals surface area contributed by atoms with Gasteiger partial charge >= 0.3 is 0 Å². The van der Waals surface area contributed by atoms with E-state index in [9.17, 15) is 0 Å². The first-order valence-electron chi connectivity index (χ1n) is 1.11. The van der Waals surface area contributed by atoms with Crippen LogP contribution in [0.1, 0.15) is 0 Å². The summed E-state index contributed by atoms with van der Waals surface area (Å²) in [6.45, 7) is 0. The van der Waals surface area contributed by atoms with Crippen LogP contribution in [-0.4, -0.2) is 22.6 Å². The van der Waals surface area contributed by atoms with E-state index in [4.69, 9.17) is 0 Å². The summed E-state index contributed by atoms with van der Waals surface area (Å²) in [6.07, 6.45) is 0. The molecule has 0 aliphatic rings. The van der Waals surface area contributed by atoms with E-state index in [-0.39, 0.29) is 8.41 Å². The predicted octanol–water partition coefficient (Wildman–Crippen LogP) is -0.614. The van der Waals surface area contributed by atoms with Gasteiger partial charge in [-0.25, -0.2) is 5.48 Å². The molecule has 0 saturated heterocycles. The van der Waals surface area contributed by atoms with E-state index in [0.29, 0.717) is 0 Å². The third-order valence-electron chi connectivity index (χ3n) is 0.204. The van der Waals surface area contributed by atoms with Crippen molar-refractivity contribution >= 4 is 8.41 Å². The number of hydrogen-bond donors (Lipinski definition) is 1. The van der Waals surface area contributed by atoms with Crippen LogP contribution in [0.2, 0.25) is 0 Å². The third-order valence-corrected chi connectivity index (χ3v) is 0.204. The lowest BCUT2D eigenvalue weighted by atomic mass is 10.8. The van der Waals surface area contributed by atoms with Gasteiger partial charge in [-0.2, -0.15) is 0 Å². The molecule has 0 heterocycles. The van der Waals surface area contributed by atoms with Gasteiger partial charge in [-0.1, -0.05) is 0 Å². The first kappa shape index (κ1) is 8.88. The summed E-state index contributed by atoms with van der Waals surface area (Å²) >= 11 is 0. The second-order valence-corrected chi connectivity index (χ2v) is 0.408. The Labute approximate surface area is 34.0 Å². The van der Waals surface area contributed by atoms with Gasteiger partial charge in [0.25, 0.3) is 0 Å². The summed E-state index contributed by atoms with van der Waals surface area (Å²) in [7, 11) is 3.28. The van der Waals surface area contributed by atoms with Crippen LogP contribution < -0.4 is 5.48 Å². The fourth-order valence-electron chi connectivity index (χ4n) is 0. The molecule has 5 heavy (non-hydrogen) atoms. The highest BCUT2D eigenvalue weighted by molar-refractivity contribution is 5.75. The van der Waals surface area contributed by atoms with Gasteiger partial charge in [0.2, 0.25) is 0 Å². The summed E-state index contributed by atoms with van der Waals surface area (Å²) in [5.74, 6) is 0. The van der Waals surface area contributed by atoms with E-state index in [1.54, 1.807) is 14.2 Å². The van der Waals surface area contributed by atoms with E-state index < -0.39 is 0 Å². The van der Waals surface area contributed by atoms with Gasteiger partial charge in [0, 0.05) is 15.5 Å². The quantitative estimate of drug-likeness (QED) is 0.329. The standard InChI is InChI=1S/C2H7NO.B/c1-3-4-2;/h3H,1-2H3;. The van der Waals surface area contributed by atoms with Crippen molar-refractivity contribution in [2.75, 3.05) is 14.2 Å². The van der Waals surface area contributed by atoms with Crippen molar-refractivity contribution < 1.29 is 4.84 Å². The van der Waals surface area contributed by atoms with Crippen LogP contribution in [-0.2, 0) is 4.84 Å². The molecule has 0 fully saturated rings. The molecule has 0 aromatic carbocycles. The van der Waals surface area contributed by atoms with E-state index in [2.05, 4.69) is 10.3 Å². The fraction of sp³-hybridized carbons (Fsp3) is 1.00. The van der Waals surface area contributed by atoms with E-state index in [1.165, 1.54) is 0 Å². The van der Waals surface area contributed by atoms with E-state index in [1.807, 2.05) is 0 Å². The van der Waals surface area contributed by atoms with Crippen LogP contribution in [0.3, 0.4) is 0 Å². The predicted molar refractivity (Wildman–Crippen MR) is 21.8 cm³/mol. The van der Waals surface area contributed by atoms with Crippen molar-refractivity contribution in [1.29, 1.82) is 0 Å². The zero-order valence-corrected chi connectivity index (χ0v) is 3.49. The molecular weight excluding hydrogens is 64.8 g/mol. The van der Waals surface area contributed by atoms with Crippen LogP contribution in [0.4, 0.5) is 0 Å². The SMILES string of the molecule is CNOC.[B]. The highest BCUT2D eigenvalue weighted by atomic mass is 16.6. The molecule has 0 aromatic heterocycles. The minimum Gasteiger partial charge on any atom is -0.305 e. The fourth-order valence-corrected chi connectivity index (χ4v) is 0. The van der Waals surface area contributed by atoms with Gasteiger partial charge in [-0.3, -0.25) is 0 Å². The van der Waals surface area contributed by atoms with Crippen LogP contribution in [0.5, 0.6) is 0 Å². The minimum atomic E-state index is 0. The van der Waals surface area contributed by atoms with E-state index in [0.717, 1.165) is 0 Å². The van der Waals surface area contributed by atoms with E-state index >= 15 is 0 Å². The number of nitrogens with one attached hydrogen (secondary N) is 1. The summed E-state index contributed by atoms with van der Waals surface area (Å²) in [6, 6.07) is 0. The molecule has 1 N–H and O–H groups in total. The molecule has 0 unspecified atom stereocenters. The molecule has 0 aliphatic heterocycles. The highest BCUT2D eigenvalue weighted by Gasteiger charge is 1.45. The van der Waals surface area contributed by atoms with Crippen LogP contribution in [0.15, 0.2) is 0 Å². The van der Waals surface area contributed by atoms with Gasteiger partial charge < -0.3 is 4.84 Å². The van der Waals surface area contributed by atoms with Gasteiger partial charge in [0.15, 0.2) is 0 Å². The molecular formula is C2H7BNO. The van der Waals surface area contributed by atoms with Crippen molar-refractivity contribution in [2.24, 2.45) is 0 Å². The largest absolute Gasteiger partial charge is 0.305 e. The molecule has 0 atom stereocenters. The second-order valence-electron chi connectivity index (χ2n) is 0.408. The maximum Gasteiger partial charge on any atom is 0.0572 e. The van der Waals surface area contributed by atoms with Gasteiger partial charge in [0.1, 0.15) is 0 Å². The summed E-state index contributed by atoms with van der Waals surface area (Å²) in [4.78, 5) is 4.29. The minimum absolute atomic E-state index is 0. The summed E-state index contributed by atoms with van der Waals surface area (Å²) in [5.41, 5.74) is 2.43. The van der Waals surface area contributed by atoms with Crippen LogP contribution >= 0.6 is 0 Å². The van der Waals surface area contributed by atoms with Gasteiger partial charge in [0.05, 0.1) is 7.11 Å². The monoisotopic (exact) mass is 72.1 g/mol. The zero-order chi connectivity index (χ0) is 3.41. The van der Waals surface area contributed by atoms with Crippen molar-refractivity contribution in [3.63, 3.8) is 0 Å². The molecule has 0 spiro atoms. The van der Waals surface area contributed by atoms with Gasteiger partial charge in [-0.15, -0.1) is 0 Å². The first-order chi connectivity index (χ1) is 1.91. The summed E-state index contributed by atoms with van der Waals surface area (Å²) < 4.78 is 0. The number of hydroxylamine groups is 1. The lowest BCUT2D eigenvalue weighted by Gasteiger charge is -1.80. The Kier molecular flexibility index (Phi) is 16.0. The topological polar surface area (TPSA) is 21.3 Å². The molecule has 0 rings (SSSR count). The smallest absolute Gasteiger partial charge is 0.0572 e. The lowest BCUT2D eigenvalue weighted by molar-refractivity contribution is 0.112. The van der Waals surface area contributed by atoms with Crippen LogP contribution in [0.25, 0.3) is 0 Å². The number of hydrogen-bond acceptors (Lipinski definition) is 2. The molecule has 3 heteroatoms. The Balaban J connectivity index is 0. The first-order valence-corrected chi connectivity index (χ1v) is 1.11. The Morgan fingerprint density at radius 2 is 1.80 bits per heavy atom. The van der Waals surface area contributed by atoms with Crippen molar-refractivity contribution in [3.05, 3.63) is 0 Å². The highest BCUT2D eigenvalue weighted by Crippen LogP contribution is 1.32. The Morgan fingerprint density at radius 3 is 1.80 bits per heavy atom. The molecule has 29 valence electrons. The average Bonchev–Trinajstić information content (AvgIpc) is 1.37. The number of rotatable bonds is 1. The molecule has 0 amide bonds. The molecule has 3 radical (unpaired) electrons. The normalized spacial score (nSPS) is 6.00. The molecule has 0 aromatic rings.